The van der Waals surface area contributed by atoms with E-state index in [-0.39, 0.29) is 11.3 Å². The summed E-state index contributed by atoms with van der Waals surface area (Å²) in [6.07, 6.45) is -1.19. The number of anilines is 1. The first-order chi connectivity index (χ1) is 16.8. The summed E-state index contributed by atoms with van der Waals surface area (Å²) in [5.41, 5.74) is 7.86. The summed E-state index contributed by atoms with van der Waals surface area (Å²) in [7, 11) is 0. The molecule has 0 aliphatic carbocycles. The van der Waals surface area contributed by atoms with Gasteiger partial charge in [-0.25, -0.2) is 4.98 Å². The molecule has 1 aromatic heterocycles. The van der Waals surface area contributed by atoms with Crippen molar-refractivity contribution in [3.05, 3.63) is 101 Å². The number of nitrogens with one attached hydrogen (secondary N) is 2. The number of nitrogens with zero attached hydrogens (tertiary/aromatic N) is 2. The van der Waals surface area contributed by atoms with Crippen molar-refractivity contribution in [2.45, 2.75) is 25.9 Å². The molecule has 0 saturated heterocycles. The lowest BCUT2D eigenvalue weighted by atomic mass is 10.0. The largest absolute Gasteiger partial charge is 0.417 e. The summed E-state index contributed by atoms with van der Waals surface area (Å²) >= 11 is 0. The predicted molar refractivity (Wildman–Crippen MR) is 136 cm³/mol. The van der Waals surface area contributed by atoms with Crippen LogP contribution in [0.3, 0.4) is 0 Å². The van der Waals surface area contributed by atoms with Gasteiger partial charge in [0.1, 0.15) is 11.7 Å². The first-order valence-corrected chi connectivity index (χ1v) is 11.5. The molecule has 5 nitrogen and oxygen atoms in total. The van der Waals surface area contributed by atoms with Crippen molar-refractivity contribution in [1.29, 1.82) is 0 Å². The predicted octanol–water partition coefficient (Wildman–Crippen LogP) is 5.28. The van der Waals surface area contributed by atoms with Crippen LogP contribution in [0, 0.1) is 0 Å². The molecule has 0 atom stereocenters. The summed E-state index contributed by atoms with van der Waals surface area (Å²) in [5, 5.41) is 6.27. The minimum absolute atomic E-state index is 0.0124. The van der Waals surface area contributed by atoms with E-state index < -0.39 is 11.7 Å². The van der Waals surface area contributed by atoms with Gasteiger partial charge in [-0.15, -0.1) is 0 Å². The number of benzene rings is 2. The molecule has 35 heavy (non-hydrogen) atoms. The van der Waals surface area contributed by atoms with Crippen LogP contribution < -0.4 is 16.4 Å². The summed E-state index contributed by atoms with van der Waals surface area (Å²) in [5.74, 6) is 1.19. The second kappa shape index (κ2) is 12.2. The zero-order valence-corrected chi connectivity index (χ0v) is 19.7. The van der Waals surface area contributed by atoms with Gasteiger partial charge in [-0.3, -0.25) is 4.99 Å². The topological polar surface area (TPSA) is 75.3 Å². The Hall–Kier alpha value is -3.65. The monoisotopic (exact) mass is 481 g/mol. The van der Waals surface area contributed by atoms with Crippen molar-refractivity contribution in [3.8, 4) is 0 Å². The van der Waals surface area contributed by atoms with Crippen LogP contribution in [0.5, 0.6) is 0 Å². The highest BCUT2D eigenvalue weighted by molar-refractivity contribution is 6.04. The lowest BCUT2D eigenvalue weighted by Crippen LogP contribution is -2.26. The maximum Gasteiger partial charge on any atom is 0.417 e. The fourth-order valence-electron chi connectivity index (χ4n) is 3.65. The van der Waals surface area contributed by atoms with Crippen molar-refractivity contribution in [1.82, 2.24) is 10.3 Å². The molecule has 0 spiro atoms. The number of amidine groups is 1. The highest BCUT2D eigenvalue weighted by Crippen LogP contribution is 2.34. The number of rotatable bonds is 10. The number of pyridine rings is 1. The third-order valence-corrected chi connectivity index (χ3v) is 5.43. The van der Waals surface area contributed by atoms with Gasteiger partial charge >= 0.3 is 6.18 Å². The first kappa shape index (κ1) is 26.0. The number of aryl methyl sites for hydroxylation is 1. The van der Waals surface area contributed by atoms with E-state index in [1.54, 1.807) is 12.3 Å². The number of hydrogen-bond donors (Lipinski definition) is 3. The van der Waals surface area contributed by atoms with Gasteiger partial charge in [-0.2, -0.15) is 13.2 Å². The van der Waals surface area contributed by atoms with E-state index in [1.807, 2.05) is 43.3 Å². The average Bonchev–Trinajstić information content (AvgIpc) is 2.86. The van der Waals surface area contributed by atoms with Gasteiger partial charge in [0.25, 0.3) is 0 Å². The minimum Gasteiger partial charge on any atom is -0.368 e. The molecule has 0 aliphatic heterocycles. The summed E-state index contributed by atoms with van der Waals surface area (Å²) in [6, 6.07) is 16.9. The zero-order chi connectivity index (χ0) is 25.3. The Morgan fingerprint density at radius 1 is 1.03 bits per heavy atom. The van der Waals surface area contributed by atoms with Crippen molar-refractivity contribution in [2.75, 3.05) is 25.0 Å². The fraction of sp³-hybridized carbons (Fsp3) is 0.259. The Balaban J connectivity index is 1.80. The molecule has 0 saturated carbocycles. The van der Waals surface area contributed by atoms with E-state index in [0.29, 0.717) is 31.3 Å². The minimum atomic E-state index is -4.49. The van der Waals surface area contributed by atoms with Crippen molar-refractivity contribution in [2.24, 2.45) is 10.7 Å². The number of alkyl halides is 3. The number of halogens is 3. The van der Waals surface area contributed by atoms with Crippen LogP contribution in [0.2, 0.25) is 0 Å². The molecular weight excluding hydrogens is 451 g/mol. The lowest BCUT2D eigenvalue weighted by Gasteiger charge is -2.19. The Labute approximate surface area is 204 Å². The molecule has 0 aliphatic rings. The highest BCUT2D eigenvalue weighted by Gasteiger charge is 2.33. The summed E-state index contributed by atoms with van der Waals surface area (Å²) in [6.45, 7) is 7.35. The molecule has 3 aromatic rings. The molecule has 8 heteroatoms. The first-order valence-electron chi connectivity index (χ1n) is 11.5. The van der Waals surface area contributed by atoms with Gasteiger partial charge in [0.05, 0.1) is 12.1 Å². The molecule has 0 fully saturated rings. The highest BCUT2D eigenvalue weighted by atomic mass is 19.4. The van der Waals surface area contributed by atoms with E-state index >= 15 is 0 Å². The maximum atomic E-state index is 13.5. The van der Waals surface area contributed by atoms with Gasteiger partial charge < -0.3 is 16.4 Å². The Bertz CT molecular complexity index is 1150. The number of hydrogen-bond acceptors (Lipinski definition) is 4. The van der Waals surface area contributed by atoms with Crippen LogP contribution in [0.25, 0.3) is 5.70 Å². The van der Waals surface area contributed by atoms with Crippen LogP contribution >= 0.6 is 0 Å². The van der Waals surface area contributed by atoms with E-state index in [0.717, 1.165) is 35.6 Å². The molecule has 3 rings (SSSR count). The molecule has 184 valence electrons. The van der Waals surface area contributed by atoms with Crippen molar-refractivity contribution in [3.63, 3.8) is 0 Å². The quantitative estimate of drug-likeness (QED) is 0.209. The van der Waals surface area contributed by atoms with Gasteiger partial charge in [0.15, 0.2) is 0 Å². The van der Waals surface area contributed by atoms with Crippen molar-refractivity contribution >= 4 is 17.4 Å². The SMILES string of the molecule is C=C(NC(=NCCNc1ccc(CCN)cn1)c1ccccc1CC)c1ccccc1C(F)(F)F. The molecule has 4 N–H and O–H groups in total. The van der Waals surface area contributed by atoms with Crippen LogP contribution in [0.15, 0.2) is 78.4 Å². The molecule has 0 bridgehead atoms. The van der Waals surface area contributed by atoms with Crippen LogP contribution in [-0.2, 0) is 19.0 Å². The average molecular weight is 482 g/mol. The van der Waals surface area contributed by atoms with E-state index in [2.05, 4.69) is 27.2 Å². The van der Waals surface area contributed by atoms with Gasteiger partial charge in [-0.1, -0.05) is 62.0 Å². The van der Waals surface area contributed by atoms with Gasteiger partial charge in [0, 0.05) is 29.6 Å². The summed E-state index contributed by atoms with van der Waals surface area (Å²) < 4.78 is 40.6. The van der Waals surface area contributed by atoms with E-state index in [4.69, 9.17) is 5.73 Å². The van der Waals surface area contributed by atoms with Gasteiger partial charge in [-0.05, 0) is 42.6 Å². The fourth-order valence-corrected chi connectivity index (χ4v) is 3.65. The van der Waals surface area contributed by atoms with E-state index in [1.165, 1.54) is 12.1 Å². The van der Waals surface area contributed by atoms with E-state index in [9.17, 15) is 13.2 Å². The normalized spacial score (nSPS) is 11.9. The number of aliphatic imine (C=N–C) groups is 1. The second-order valence-corrected chi connectivity index (χ2v) is 7.91. The third kappa shape index (κ3) is 7.16. The molecule has 2 aromatic carbocycles. The smallest absolute Gasteiger partial charge is 0.368 e. The summed E-state index contributed by atoms with van der Waals surface area (Å²) in [4.78, 5) is 9.05. The third-order valence-electron chi connectivity index (χ3n) is 5.43. The molecule has 0 radical (unpaired) electrons. The maximum absolute atomic E-state index is 13.5. The number of nitrogens with two attached hydrogens (primary N) is 1. The molecule has 0 unspecified atom stereocenters. The Kier molecular flexibility index (Phi) is 9.03. The molecular formula is C27H30F3N5. The number of aromatic nitrogens is 1. The molecule has 1 heterocycles. The lowest BCUT2D eigenvalue weighted by molar-refractivity contribution is -0.137. The Morgan fingerprint density at radius 3 is 2.40 bits per heavy atom. The second-order valence-electron chi connectivity index (χ2n) is 7.91. The van der Waals surface area contributed by atoms with Crippen LogP contribution in [-0.4, -0.2) is 30.5 Å². The van der Waals surface area contributed by atoms with Crippen LogP contribution in [0.1, 0.15) is 34.7 Å². The molecule has 0 amide bonds. The van der Waals surface area contributed by atoms with Crippen molar-refractivity contribution < 1.29 is 13.2 Å². The Morgan fingerprint density at radius 2 is 1.74 bits per heavy atom. The van der Waals surface area contributed by atoms with Gasteiger partial charge in [0.2, 0.25) is 0 Å². The van der Waals surface area contributed by atoms with Crippen LogP contribution in [0.4, 0.5) is 19.0 Å². The zero-order valence-electron chi connectivity index (χ0n) is 19.7. The standard InChI is InChI=1S/C27H30F3N5/c1-3-21-8-4-5-10-23(21)26(33-17-16-32-25-13-12-20(14-15-31)18-34-25)35-19(2)22-9-6-7-11-24(22)27(28,29)30/h4-13,18H,2-3,14-17,31H2,1H3,(H,32,34)(H,33,35).